The predicted molar refractivity (Wildman–Crippen MR) is 121 cm³/mol. The van der Waals surface area contributed by atoms with Crippen molar-refractivity contribution in [1.29, 1.82) is 0 Å². The lowest BCUT2D eigenvalue weighted by atomic mass is 9.83. The lowest BCUT2D eigenvalue weighted by Crippen LogP contribution is -2.43. The molecule has 1 aromatic carbocycles. The van der Waals surface area contributed by atoms with Gasteiger partial charge in [0.1, 0.15) is 11.2 Å². The molecule has 0 aromatic heterocycles. The molecule has 2 aliphatic heterocycles. The molecule has 0 bridgehead atoms. The molecule has 31 heavy (non-hydrogen) atoms. The molecule has 172 valence electrons. The number of hydrogen-bond acceptors (Lipinski definition) is 6. The van der Waals surface area contributed by atoms with Crippen LogP contribution < -0.4 is 10.6 Å². The second-order valence-electron chi connectivity index (χ2n) is 9.95. The van der Waals surface area contributed by atoms with E-state index < -0.39 is 11.2 Å². The molecule has 2 fully saturated rings. The summed E-state index contributed by atoms with van der Waals surface area (Å²) < 4.78 is 11.8. The van der Waals surface area contributed by atoms with E-state index in [1.807, 2.05) is 45.9 Å². The van der Waals surface area contributed by atoms with E-state index >= 15 is 0 Å². The first-order valence-corrected chi connectivity index (χ1v) is 11.6. The monoisotopic (exact) mass is 430 g/mol. The fraction of sp³-hybridized carbons (Fsp3) is 0.680. The van der Waals surface area contributed by atoms with Crippen LogP contribution in [0.1, 0.15) is 69.3 Å². The van der Waals surface area contributed by atoms with Gasteiger partial charge in [-0.15, -0.1) is 0 Å². The lowest BCUT2D eigenvalue weighted by Gasteiger charge is -2.37. The number of carbonyl (C=O) groups is 2. The van der Waals surface area contributed by atoms with Gasteiger partial charge in [0, 0.05) is 11.8 Å². The molecular weight excluding hydrogens is 392 g/mol. The fourth-order valence-corrected chi connectivity index (χ4v) is 4.85. The lowest BCUT2D eigenvalue weighted by molar-refractivity contribution is -0.161. The van der Waals surface area contributed by atoms with Gasteiger partial charge in [-0.25, -0.2) is 4.79 Å². The van der Waals surface area contributed by atoms with Crippen molar-refractivity contribution in [2.24, 2.45) is 11.8 Å². The minimum absolute atomic E-state index is 0.0629. The maximum absolute atomic E-state index is 13.0. The number of nitrogens with one attached hydrogen (secondary N) is 2. The van der Waals surface area contributed by atoms with Gasteiger partial charge in [0.15, 0.2) is 0 Å². The van der Waals surface area contributed by atoms with Gasteiger partial charge in [-0.2, -0.15) is 0 Å². The predicted octanol–water partition coefficient (Wildman–Crippen LogP) is 3.49. The molecule has 2 heterocycles. The van der Waals surface area contributed by atoms with Crippen molar-refractivity contribution in [2.75, 3.05) is 26.2 Å². The topological polar surface area (TPSA) is 76.7 Å². The standard InChI is InChI=1S/C25H38N2O4/c1-24(2,19-9-13-26-14-10-19)30-22(28)17-18-7-5-6-8-21(18)23(29)31-25(3,4)20-11-15-27-16-12-20/h5-8,19-20,26-27H,9-17H2,1-4H3. The molecule has 0 atom stereocenters. The van der Waals surface area contributed by atoms with Gasteiger partial charge in [-0.05, 0) is 91.2 Å². The number of esters is 2. The van der Waals surface area contributed by atoms with E-state index in [-0.39, 0.29) is 18.4 Å². The van der Waals surface area contributed by atoms with Crippen molar-refractivity contribution in [3.63, 3.8) is 0 Å². The molecule has 2 saturated heterocycles. The van der Waals surface area contributed by atoms with Gasteiger partial charge in [0.2, 0.25) is 0 Å². The average Bonchev–Trinajstić information content (AvgIpc) is 2.74. The van der Waals surface area contributed by atoms with Crippen molar-refractivity contribution in [3.05, 3.63) is 35.4 Å². The van der Waals surface area contributed by atoms with Gasteiger partial charge in [-0.1, -0.05) is 18.2 Å². The van der Waals surface area contributed by atoms with Crippen LogP contribution in [-0.2, 0) is 20.7 Å². The number of benzene rings is 1. The summed E-state index contributed by atoms with van der Waals surface area (Å²) >= 11 is 0. The highest BCUT2D eigenvalue weighted by molar-refractivity contribution is 5.92. The molecule has 3 rings (SSSR count). The first-order valence-electron chi connectivity index (χ1n) is 11.6. The van der Waals surface area contributed by atoms with Crippen LogP contribution >= 0.6 is 0 Å². The Kier molecular flexibility index (Phi) is 7.76. The summed E-state index contributed by atoms with van der Waals surface area (Å²) in [6.07, 6.45) is 4.03. The Hall–Kier alpha value is -1.92. The molecule has 0 unspecified atom stereocenters. The van der Waals surface area contributed by atoms with Crippen LogP contribution in [0.3, 0.4) is 0 Å². The summed E-state index contributed by atoms with van der Waals surface area (Å²) in [5.41, 5.74) is 0.0241. The van der Waals surface area contributed by atoms with Crippen molar-refractivity contribution in [2.45, 2.75) is 71.0 Å². The maximum atomic E-state index is 13.0. The number of ether oxygens (including phenoxy) is 2. The van der Waals surface area contributed by atoms with Crippen LogP contribution in [0.15, 0.2) is 24.3 Å². The molecule has 6 heteroatoms. The zero-order valence-electron chi connectivity index (χ0n) is 19.5. The van der Waals surface area contributed by atoms with E-state index in [2.05, 4.69) is 10.6 Å². The highest BCUT2D eigenvalue weighted by Gasteiger charge is 2.36. The third kappa shape index (κ3) is 6.30. The Morgan fingerprint density at radius 2 is 1.32 bits per heavy atom. The second-order valence-corrected chi connectivity index (χ2v) is 9.95. The molecule has 0 radical (unpaired) electrons. The summed E-state index contributed by atoms with van der Waals surface area (Å²) in [4.78, 5) is 25.8. The van der Waals surface area contributed by atoms with Gasteiger partial charge in [0.25, 0.3) is 0 Å². The molecule has 0 saturated carbocycles. The fourth-order valence-electron chi connectivity index (χ4n) is 4.85. The Morgan fingerprint density at radius 3 is 1.87 bits per heavy atom. The van der Waals surface area contributed by atoms with Crippen LogP contribution in [0.5, 0.6) is 0 Å². The van der Waals surface area contributed by atoms with Crippen molar-refractivity contribution in [3.8, 4) is 0 Å². The summed E-state index contributed by atoms with van der Waals surface area (Å²) in [5, 5.41) is 6.70. The number of carbonyl (C=O) groups excluding carboxylic acids is 2. The van der Waals surface area contributed by atoms with Crippen LogP contribution in [0.2, 0.25) is 0 Å². The zero-order valence-corrected chi connectivity index (χ0v) is 19.5. The highest BCUT2D eigenvalue weighted by Crippen LogP contribution is 2.31. The SMILES string of the molecule is CC(C)(OC(=O)Cc1ccccc1C(=O)OC(C)(C)C1CCNCC1)C1CCNCC1. The Labute approximate surface area is 186 Å². The third-order valence-corrected chi connectivity index (χ3v) is 6.95. The van der Waals surface area contributed by atoms with Crippen molar-refractivity contribution >= 4 is 11.9 Å². The highest BCUT2D eigenvalue weighted by atomic mass is 16.6. The van der Waals surface area contributed by atoms with Gasteiger partial charge >= 0.3 is 11.9 Å². The summed E-state index contributed by atoms with van der Waals surface area (Å²) in [6, 6.07) is 7.20. The van der Waals surface area contributed by atoms with Crippen molar-refractivity contribution in [1.82, 2.24) is 10.6 Å². The van der Waals surface area contributed by atoms with Crippen LogP contribution in [-0.4, -0.2) is 49.3 Å². The van der Waals surface area contributed by atoms with E-state index in [0.29, 0.717) is 23.0 Å². The molecule has 1 aromatic rings. The summed E-state index contributed by atoms with van der Waals surface area (Å²) in [5.74, 6) is -0.0183. The van der Waals surface area contributed by atoms with E-state index in [4.69, 9.17) is 9.47 Å². The van der Waals surface area contributed by atoms with Crippen molar-refractivity contribution < 1.29 is 19.1 Å². The summed E-state index contributed by atoms with van der Waals surface area (Å²) in [6.45, 7) is 11.7. The van der Waals surface area contributed by atoms with E-state index in [1.54, 1.807) is 6.07 Å². The zero-order chi connectivity index (χ0) is 22.5. The first kappa shape index (κ1) is 23.7. The molecule has 2 aliphatic rings. The average molecular weight is 431 g/mol. The van der Waals surface area contributed by atoms with Crippen LogP contribution in [0, 0.1) is 11.8 Å². The number of hydrogen-bond donors (Lipinski definition) is 2. The maximum Gasteiger partial charge on any atom is 0.338 e. The Morgan fingerprint density at radius 1 is 0.839 bits per heavy atom. The first-order chi connectivity index (χ1) is 14.7. The second kappa shape index (κ2) is 10.1. The molecular formula is C25H38N2O4. The summed E-state index contributed by atoms with van der Waals surface area (Å²) in [7, 11) is 0. The number of rotatable bonds is 7. The third-order valence-electron chi connectivity index (χ3n) is 6.95. The van der Waals surface area contributed by atoms with Gasteiger partial charge < -0.3 is 20.1 Å². The molecule has 0 amide bonds. The molecule has 2 N–H and O–H groups in total. The molecule has 6 nitrogen and oxygen atoms in total. The Bertz CT molecular complexity index is 763. The quantitative estimate of drug-likeness (QED) is 0.645. The van der Waals surface area contributed by atoms with Crippen LogP contribution in [0.4, 0.5) is 0 Å². The minimum atomic E-state index is -0.552. The van der Waals surface area contributed by atoms with E-state index in [1.165, 1.54) is 0 Å². The van der Waals surface area contributed by atoms with E-state index in [0.717, 1.165) is 51.9 Å². The Balaban J connectivity index is 1.65. The van der Waals surface area contributed by atoms with E-state index in [9.17, 15) is 9.59 Å². The molecule has 0 aliphatic carbocycles. The van der Waals surface area contributed by atoms with Gasteiger partial charge in [0.05, 0.1) is 12.0 Å². The normalized spacial score (nSPS) is 19.1. The molecule has 0 spiro atoms. The van der Waals surface area contributed by atoms with Gasteiger partial charge in [-0.3, -0.25) is 4.79 Å². The largest absolute Gasteiger partial charge is 0.459 e. The number of piperidine rings is 2. The smallest absolute Gasteiger partial charge is 0.338 e. The minimum Gasteiger partial charge on any atom is -0.459 e. The van der Waals surface area contributed by atoms with Crippen LogP contribution in [0.25, 0.3) is 0 Å².